The summed E-state index contributed by atoms with van der Waals surface area (Å²) in [5, 5.41) is 11.1. The molecule has 7 rings (SSSR count). The molecule has 3 atom stereocenters. The predicted molar refractivity (Wildman–Crippen MR) is 158 cm³/mol. The molecule has 0 radical (unpaired) electrons. The van der Waals surface area contributed by atoms with Gasteiger partial charge in [0.25, 0.3) is 0 Å². The number of fused-ring (bicyclic) bond motifs is 7. The van der Waals surface area contributed by atoms with E-state index in [1.165, 1.54) is 59.9 Å². The van der Waals surface area contributed by atoms with E-state index in [-0.39, 0.29) is 12.0 Å². The lowest BCUT2D eigenvalue weighted by molar-refractivity contribution is -0.138. The van der Waals surface area contributed by atoms with E-state index in [0.29, 0.717) is 23.3 Å². The highest BCUT2D eigenvalue weighted by Crippen LogP contribution is 2.51. The lowest BCUT2D eigenvalue weighted by Crippen LogP contribution is -2.45. The fraction of sp³-hybridized carbons (Fsp3) is 0.529. The number of aromatic carboxylic acids is 1. The van der Waals surface area contributed by atoms with Gasteiger partial charge in [-0.05, 0) is 74.4 Å². The van der Waals surface area contributed by atoms with Crippen molar-refractivity contribution in [2.75, 3.05) is 26.2 Å². The molecule has 1 aliphatic carbocycles. The van der Waals surface area contributed by atoms with Gasteiger partial charge >= 0.3 is 5.97 Å². The second-order valence-electron chi connectivity index (χ2n) is 12.6. The number of carboxylic acid groups (broad SMARTS) is 1. The molecule has 1 saturated carbocycles. The number of aromatic nitrogens is 1. The maximum atomic E-state index is 14.1. The Bertz CT molecular complexity index is 1450. The molecule has 6 nitrogen and oxygen atoms in total. The molecule has 0 bridgehead atoms. The first-order valence-electron chi connectivity index (χ1n) is 15.6. The van der Waals surface area contributed by atoms with Crippen molar-refractivity contribution in [2.45, 2.75) is 76.8 Å². The van der Waals surface area contributed by atoms with Gasteiger partial charge in [0.15, 0.2) is 0 Å². The van der Waals surface area contributed by atoms with Crippen LogP contribution in [0.15, 0.2) is 42.5 Å². The Morgan fingerprint density at radius 3 is 2.55 bits per heavy atom. The van der Waals surface area contributed by atoms with E-state index in [9.17, 15) is 14.7 Å². The summed E-state index contributed by atoms with van der Waals surface area (Å²) in [6.45, 7) is 6.79. The van der Waals surface area contributed by atoms with Gasteiger partial charge in [0, 0.05) is 42.0 Å². The topological polar surface area (TPSA) is 65.8 Å². The van der Waals surface area contributed by atoms with Gasteiger partial charge in [-0.2, -0.15) is 0 Å². The molecule has 4 heterocycles. The highest BCUT2D eigenvalue weighted by Gasteiger charge is 2.44. The number of carbonyl (C=O) groups is 2. The minimum atomic E-state index is -0.880. The number of benzene rings is 2. The largest absolute Gasteiger partial charge is 0.478 e. The number of amides is 1. The Hall–Kier alpha value is -3.12. The normalized spacial score (nSPS) is 25.3. The van der Waals surface area contributed by atoms with Gasteiger partial charge in [-0.1, -0.05) is 56.5 Å². The quantitative estimate of drug-likeness (QED) is 0.401. The van der Waals surface area contributed by atoms with Crippen molar-refractivity contribution in [3.63, 3.8) is 0 Å². The Labute approximate surface area is 237 Å². The van der Waals surface area contributed by atoms with E-state index in [0.717, 1.165) is 57.5 Å². The molecule has 3 aliphatic heterocycles. The van der Waals surface area contributed by atoms with Crippen molar-refractivity contribution < 1.29 is 14.7 Å². The van der Waals surface area contributed by atoms with Crippen LogP contribution < -0.4 is 0 Å². The van der Waals surface area contributed by atoms with Crippen molar-refractivity contribution in [1.29, 1.82) is 0 Å². The molecular formula is C34H41N3O3. The Balaban J connectivity index is 1.37. The Kier molecular flexibility index (Phi) is 6.69. The highest BCUT2D eigenvalue weighted by atomic mass is 16.4. The maximum absolute atomic E-state index is 14.1. The molecule has 3 fully saturated rings. The third-order valence-corrected chi connectivity index (χ3v) is 10.4. The van der Waals surface area contributed by atoms with Gasteiger partial charge in [0.1, 0.15) is 0 Å². The molecule has 0 spiro atoms. The van der Waals surface area contributed by atoms with Crippen molar-refractivity contribution in [1.82, 2.24) is 14.4 Å². The molecule has 2 saturated heterocycles. The summed E-state index contributed by atoms with van der Waals surface area (Å²) in [6, 6.07) is 14.6. The zero-order valence-electron chi connectivity index (χ0n) is 23.6. The number of carbonyl (C=O) groups excluding carboxylic acids is 1. The summed E-state index contributed by atoms with van der Waals surface area (Å²) >= 11 is 0. The molecule has 1 N–H and O–H groups in total. The monoisotopic (exact) mass is 539 g/mol. The van der Waals surface area contributed by atoms with E-state index in [1.807, 2.05) is 6.07 Å². The molecule has 1 aromatic heterocycles. The van der Waals surface area contributed by atoms with Crippen LogP contribution in [-0.4, -0.2) is 57.5 Å². The third kappa shape index (κ3) is 4.18. The van der Waals surface area contributed by atoms with Crippen LogP contribution in [-0.2, 0) is 11.3 Å². The SMILES string of the molecule is CCN1CCCC(C(=O)N2CC[C@@H]3Cn4c(c(C5CCCCC5)c5ccc(C(=O)O)cc54)-c4ccccc4[C@H]32)C1. The first-order chi connectivity index (χ1) is 19.5. The van der Waals surface area contributed by atoms with Crippen LogP contribution in [0.2, 0.25) is 0 Å². The predicted octanol–water partition coefficient (Wildman–Crippen LogP) is 6.69. The lowest BCUT2D eigenvalue weighted by atomic mass is 9.81. The number of piperidine rings is 1. The number of rotatable bonds is 4. The van der Waals surface area contributed by atoms with E-state index in [1.54, 1.807) is 6.07 Å². The Morgan fingerprint density at radius 2 is 1.75 bits per heavy atom. The van der Waals surface area contributed by atoms with Crippen LogP contribution in [0.25, 0.3) is 22.2 Å². The summed E-state index contributed by atoms with van der Waals surface area (Å²) in [7, 11) is 0. The molecule has 210 valence electrons. The fourth-order valence-electron chi connectivity index (χ4n) is 8.49. The third-order valence-electron chi connectivity index (χ3n) is 10.4. The summed E-state index contributed by atoms with van der Waals surface area (Å²) in [6.07, 6.45) is 9.21. The van der Waals surface area contributed by atoms with Crippen molar-refractivity contribution in [3.8, 4) is 11.3 Å². The second kappa shape index (κ2) is 10.4. The van der Waals surface area contributed by atoms with Crippen molar-refractivity contribution in [3.05, 3.63) is 59.2 Å². The fourth-order valence-corrected chi connectivity index (χ4v) is 8.49. The molecule has 1 amide bonds. The van der Waals surface area contributed by atoms with Crippen LogP contribution in [0.3, 0.4) is 0 Å². The maximum Gasteiger partial charge on any atom is 0.335 e. The van der Waals surface area contributed by atoms with Crippen LogP contribution in [0, 0.1) is 11.8 Å². The smallest absolute Gasteiger partial charge is 0.335 e. The van der Waals surface area contributed by atoms with Crippen molar-refractivity contribution in [2.24, 2.45) is 11.8 Å². The number of nitrogens with zero attached hydrogens (tertiary/aromatic N) is 3. The zero-order valence-corrected chi connectivity index (χ0v) is 23.6. The minimum absolute atomic E-state index is 0.0671. The molecular weight excluding hydrogens is 498 g/mol. The number of hydrogen-bond donors (Lipinski definition) is 1. The number of hydrogen-bond acceptors (Lipinski definition) is 3. The minimum Gasteiger partial charge on any atom is -0.478 e. The molecule has 2 aromatic carbocycles. The van der Waals surface area contributed by atoms with Crippen LogP contribution >= 0.6 is 0 Å². The molecule has 6 heteroatoms. The zero-order chi connectivity index (χ0) is 27.4. The standard InChI is InChI=1S/C34H41N3O3/c1-2-35-17-8-11-25(20-35)33(38)36-18-16-24-21-37-29-19-23(34(39)40)14-15-28(29)30(22-9-4-3-5-10-22)32(37)27-13-7-6-12-26(27)31(24)36/h6-7,12-15,19,22,24-25,31H,2-5,8-11,16-18,20-21H2,1H3,(H,39,40)/t24-,25?,31+/m1/s1. The van der Waals surface area contributed by atoms with Gasteiger partial charge in [0.05, 0.1) is 23.2 Å². The van der Waals surface area contributed by atoms with E-state index in [2.05, 4.69) is 51.6 Å². The molecule has 3 aromatic rings. The average molecular weight is 540 g/mol. The first kappa shape index (κ1) is 25.8. The Morgan fingerprint density at radius 1 is 0.925 bits per heavy atom. The van der Waals surface area contributed by atoms with Gasteiger partial charge in [0.2, 0.25) is 5.91 Å². The van der Waals surface area contributed by atoms with Crippen LogP contribution in [0.4, 0.5) is 0 Å². The molecule has 1 unspecified atom stereocenters. The van der Waals surface area contributed by atoms with Crippen LogP contribution in [0.5, 0.6) is 0 Å². The van der Waals surface area contributed by atoms with E-state index >= 15 is 0 Å². The molecule has 40 heavy (non-hydrogen) atoms. The van der Waals surface area contributed by atoms with Crippen LogP contribution in [0.1, 0.15) is 91.7 Å². The van der Waals surface area contributed by atoms with Gasteiger partial charge in [-0.15, -0.1) is 0 Å². The summed E-state index contributed by atoms with van der Waals surface area (Å²) in [5.74, 6) is 0.320. The molecule has 4 aliphatic rings. The second-order valence-corrected chi connectivity index (χ2v) is 12.6. The van der Waals surface area contributed by atoms with Gasteiger partial charge in [-0.25, -0.2) is 4.79 Å². The van der Waals surface area contributed by atoms with E-state index in [4.69, 9.17) is 0 Å². The van der Waals surface area contributed by atoms with Gasteiger partial charge < -0.3 is 19.5 Å². The summed E-state index contributed by atoms with van der Waals surface area (Å²) in [5.41, 5.74) is 6.58. The highest BCUT2D eigenvalue weighted by molar-refractivity contribution is 5.98. The summed E-state index contributed by atoms with van der Waals surface area (Å²) < 4.78 is 2.45. The lowest BCUT2D eigenvalue weighted by Gasteiger charge is -2.36. The van der Waals surface area contributed by atoms with Crippen molar-refractivity contribution >= 4 is 22.8 Å². The first-order valence-corrected chi connectivity index (χ1v) is 15.6. The van der Waals surface area contributed by atoms with Gasteiger partial charge in [-0.3, -0.25) is 4.79 Å². The van der Waals surface area contributed by atoms with E-state index < -0.39 is 5.97 Å². The number of carboxylic acids is 1. The number of likely N-dealkylation sites (tertiary alicyclic amines) is 2. The average Bonchev–Trinajstić information content (AvgIpc) is 3.52. The summed E-state index contributed by atoms with van der Waals surface area (Å²) in [4.78, 5) is 30.8.